The number of halogens is 1. The Morgan fingerprint density at radius 3 is 2.81 bits per heavy atom. The molecule has 7 heteroatoms. The van der Waals surface area contributed by atoms with Crippen LogP contribution < -0.4 is 0 Å². The van der Waals surface area contributed by atoms with Crippen LogP contribution in [0.1, 0.15) is 38.9 Å². The number of nitrogens with one attached hydrogen (secondary N) is 1. The van der Waals surface area contributed by atoms with Gasteiger partial charge in [0.15, 0.2) is 5.69 Å². The van der Waals surface area contributed by atoms with E-state index in [0.717, 1.165) is 11.1 Å². The molecule has 1 amide bonds. The van der Waals surface area contributed by atoms with Gasteiger partial charge in [0.25, 0.3) is 5.91 Å². The molecule has 2 aromatic carbocycles. The minimum absolute atomic E-state index is 0.0422. The number of aromatic carboxylic acids is 1. The number of benzene rings is 2. The topological polar surface area (TPSA) is 86.3 Å². The van der Waals surface area contributed by atoms with E-state index >= 15 is 0 Å². The van der Waals surface area contributed by atoms with Gasteiger partial charge in [-0.15, -0.1) is 0 Å². The maximum Gasteiger partial charge on any atom is 0.357 e. The maximum absolute atomic E-state index is 13.5. The van der Waals surface area contributed by atoms with Gasteiger partial charge in [-0.2, -0.15) is 5.10 Å². The van der Waals surface area contributed by atoms with Crippen LogP contribution in [-0.2, 0) is 13.0 Å². The van der Waals surface area contributed by atoms with E-state index in [1.165, 1.54) is 12.1 Å². The number of fused-ring (bicyclic) bond motifs is 2. The highest BCUT2D eigenvalue weighted by Crippen LogP contribution is 2.27. The molecule has 0 saturated heterocycles. The molecule has 4 rings (SSSR count). The van der Waals surface area contributed by atoms with E-state index in [-0.39, 0.29) is 23.5 Å². The molecule has 0 fully saturated rings. The van der Waals surface area contributed by atoms with Crippen LogP contribution >= 0.6 is 0 Å². The Morgan fingerprint density at radius 1 is 1.23 bits per heavy atom. The number of hydrogen-bond acceptors (Lipinski definition) is 3. The normalized spacial score (nSPS) is 16.5. The number of nitrogens with zero attached hydrogens (tertiary/aromatic N) is 2. The minimum atomic E-state index is -1.16. The Hall–Kier alpha value is -3.22. The first-order valence-corrected chi connectivity index (χ1v) is 8.23. The fourth-order valence-electron chi connectivity index (χ4n) is 3.46. The van der Waals surface area contributed by atoms with E-state index in [2.05, 4.69) is 10.2 Å². The summed E-state index contributed by atoms with van der Waals surface area (Å²) in [5, 5.41) is 16.0. The van der Waals surface area contributed by atoms with Gasteiger partial charge in [-0.1, -0.05) is 6.07 Å². The lowest BCUT2D eigenvalue weighted by atomic mass is 9.94. The molecule has 2 N–H and O–H groups in total. The largest absolute Gasteiger partial charge is 0.476 e. The first-order valence-electron chi connectivity index (χ1n) is 8.23. The van der Waals surface area contributed by atoms with Crippen molar-refractivity contribution < 1.29 is 19.1 Å². The number of rotatable bonds is 2. The van der Waals surface area contributed by atoms with Gasteiger partial charge < -0.3 is 10.0 Å². The maximum atomic E-state index is 13.5. The van der Waals surface area contributed by atoms with Gasteiger partial charge in [-0.05, 0) is 54.8 Å². The highest BCUT2D eigenvalue weighted by Gasteiger charge is 2.28. The van der Waals surface area contributed by atoms with E-state index in [1.807, 2.05) is 6.92 Å². The minimum Gasteiger partial charge on any atom is -0.476 e. The smallest absolute Gasteiger partial charge is 0.357 e. The van der Waals surface area contributed by atoms with E-state index in [0.29, 0.717) is 29.4 Å². The van der Waals surface area contributed by atoms with Crippen molar-refractivity contribution in [3.8, 4) is 0 Å². The van der Waals surface area contributed by atoms with Gasteiger partial charge in [0.1, 0.15) is 5.82 Å². The molecule has 6 nitrogen and oxygen atoms in total. The third-order valence-electron chi connectivity index (χ3n) is 4.83. The number of H-pyrrole nitrogens is 1. The molecule has 26 heavy (non-hydrogen) atoms. The summed E-state index contributed by atoms with van der Waals surface area (Å²) in [4.78, 5) is 26.0. The van der Waals surface area contributed by atoms with Gasteiger partial charge >= 0.3 is 5.97 Å². The van der Waals surface area contributed by atoms with Crippen LogP contribution in [0.25, 0.3) is 10.9 Å². The van der Waals surface area contributed by atoms with Crippen molar-refractivity contribution in [2.24, 2.45) is 0 Å². The van der Waals surface area contributed by atoms with Crippen LogP contribution in [0.3, 0.4) is 0 Å². The zero-order valence-corrected chi connectivity index (χ0v) is 14.0. The molecular weight excluding hydrogens is 337 g/mol. The molecule has 1 aliphatic rings. The fourth-order valence-corrected chi connectivity index (χ4v) is 3.46. The Morgan fingerprint density at radius 2 is 2.04 bits per heavy atom. The quantitative estimate of drug-likeness (QED) is 0.742. The van der Waals surface area contributed by atoms with Crippen molar-refractivity contribution in [1.82, 2.24) is 15.1 Å². The standard InChI is InChI=1S/C19H16FN3O3/c1-10-6-11-2-4-14(20)7-13(11)9-23(10)18(24)12-3-5-16-15(8-12)17(19(25)26)22-21-16/h2-5,7-8,10H,6,9H2,1H3,(H,21,22)(H,25,26). The van der Waals surface area contributed by atoms with Crippen molar-refractivity contribution in [2.45, 2.75) is 25.9 Å². The number of amides is 1. The number of carboxylic acid groups (broad SMARTS) is 1. The van der Waals surface area contributed by atoms with Gasteiger partial charge in [0, 0.05) is 23.5 Å². The molecule has 1 unspecified atom stereocenters. The van der Waals surface area contributed by atoms with Crippen molar-refractivity contribution in [3.05, 3.63) is 64.6 Å². The predicted molar refractivity (Wildman–Crippen MR) is 92.5 cm³/mol. The third-order valence-corrected chi connectivity index (χ3v) is 4.83. The van der Waals surface area contributed by atoms with Gasteiger partial charge in [-0.3, -0.25) is 9.89 Å². The number of aromatic amines is 1. The molecule has 1 aliphatic heterocycles. The van der Waals surface area contributed by atoms with E-state index in [4.69, 9.17) is 0 Å². The lowest BCUT2D eigenvalue weighted by Crippen LogP contribution is -2.42. The average Bonchev–Trinajstić information content (AvgIpc) is 3.04. The number of aromatic nitrogens is 2. The molecular formula is C19H16FN3O3. The number of carboxylic acids is 1. The summed E-state index contributed by atoms with van der Waals surface area (Å²) in [5.74, 6) is -1.69. The Kier molecular flexibility index (Phi) is 3.72. The van der Waals surface area contributed by atoms with E-state index in [9.17, 15) is 19.1 Å². The van der Waals surface area contributed by atoms with Crippen LogP contribution in [0.2, 0.25) is 0 Å². The first kappa shape index (κ1) is 16.3. The number of carbonyl (C=O) groups is 2. The Labute approximate surface area is 148 Å². The lowest BCUT2D eigenvalue weighted by Gasteiger charge is -2.35. The molecule has 0 radical (unpaired) electrons. The summed E-state index contributed by atoms with van der Waals surface area (Å²) in [6.45, 7) is 2.27. The van der Waals surface area contributed by atoms with Gasteiger partial charge in [0.2, 0.25) is 0 Å². The fraction of sp³-hybridized carbons (Fsp3) is 0.211. The number of hydrogen-bond donors (Lipinski definition) is 2. The molecule has 0 spiro atoms. The van der Waals surface area contributed by atoms with E-state index < -0.39 is 5.97 Å². The zero-order chi connectivity index (χ0) is 18.4. The van der Waals surface area contributed by atoms with Crippen LogP contribution in [0, 0.1) is 5.82 Å². The van der Waals surface area contributed by atoms with Crippen LogP contribution in [0.15, 0.2) is 36.4 Å². The summed E-state index contributed by atoms with van der Waals surface area (Å²) < 4.78 is 13.5. The highest BCUT2D eigenvalue weighted by molar-refractivity contribution is 6.04. The van der Waals surface area contributed by atoms with Crippen LogP contribution in [0.5, 0.6) is 0 Å². The van der Waals surface area contributed by atoms with Crippen LogP contribution in [0.4, 0.5) is 4.39 Å². The molecule has 1 aromatic heterocycles. The van der Waals surface area contributed by atoms with Crippen molar-refractivity contribution in [1.29, 1.82) is 0 Å². The molecule has 3 aromatic rings. The molecule has 0 bridgehead atoms. The molecule has 1 atom stereocenters. The molecule has 0 aliphatic carbocycles. The summed E-state index contributed by atoms with van der Waals surface area (Å²) in [7, 11) is 0. The van der Waals surface area contributed by atoms with Crippen LogP contribution in [-0.4, -0.2) is 38.1 Å². The molecule has 132 valence electrons. The Bertz CT molecular complexity index is 1040. The van der Waals surface area contributed by atoms with Crippen molar-refractivity contribution >= 4 is 22.8 Å². The molecule has 2 heterocycles. The zero-order valence-electron chi connectivity index (χ0n) is 14.0. The highest BCUT2D eigenvalue weighted by atomic mass is 19.1. The van der Waals surface area contributed by atoms with Crippen molar-refractivity contribution in [2.75, 3.05) is 0 Å². The molecule has 0 saturated carbocycles. The summed E-state index contributed by atoms with van der Waals surface area (Å²) in [6.07, 6.45) is 0.648. The predicted octanol–water partition coefficient (Wildman–Crippen LogP) is 2.99. The second-order valence-corrected chi connectivity index (χ2v) is 6.54. The Balaban J connectivity index is 1.70. The average molecular weight is 353 g/mol. The van der Waals surface area contributed by atoms with Gasteiger partial charge in [-0.25, -0.2) is 9.18 Å². The SMILES string of the molecule is CC1Cc2ccc(F)cc2CN1C(=O)c1ccc2[nH]nc(C(=O)O)c2c1. The summed E-state index contributed by atoms with van der Waals surface area (Å²) in [5.41, 5.74) is 2.66. The summed E-state index contributed by atoms with van der Waals surface area (Å²) >= 11 is 0. The lowest BCUT2D eigenvalue weighted by molar-refractivity contribution is 0.0655. The monoisotopic (exact) mass is 353 g/mol. The first-order chi connectivity index (χ1) is 12.4. The number of carbonyl (C=O) groups excluding carboxylic acids is 1. The second kappa shape index (κ2) is 5.94. The van der Waals surface area contributed by atoms with E-state index in [1.54, 1.807) is 29.2 Å². The third kappa shape index (κ3) is 2.61. The summed E-state index contributed by atoms with van der Waals surface area (Å²) in [6, 6.07) is 9.44. The van der Waals surface area contributed by atoms with Gasteiger partial charge in [0.05, 0.1) is 5.52 Å². The van der Waals surface area contributed by atoms with Crippen molar-refractivity contribution in [3.63, 3.8) is 0 Å². The second-order valence-electron chi connectivity index (χ2n) is 6.54.